The zero-order valence-electron chi connectivity index (χ0n) is 23.6. The highest BCUT2D eigenvalue weighted by Gasteiger charge is 2.35. The molecule has 2 fully saturated rings. The van der Waals surface area contributed by atoms with Crippen LogP contribution in [0, 0.1) is 17.2 Å². The highest BCUT2D eigenvalue weighted by atomic mass is 16.7. The van der Waals surface area contributed by atoms with Gasteiger partial charge >= 0.3 is 18.2 Å². The van der Waals surface area contributed by atoms with E-state index >= 15 is 0 Å². The Morgan fingerprint density at radius 3 is 2.24 bits per heavy atom. The van der Waals surface area contributed by atoms with Crippen LogP contribution in [0.3, 0.4) is 0 Å². The minimum absolute atomic E-state index is 0.0166. The maximum atomic E-state index is 13.1. The van der Waals surface area contributed by atoms with Crippen molar-refractivity contribution in [2.24, 2.45) is 11.8 Å². The molecule has 0 bridgehead atoms. The number of likely N-dealkylation sites (tertiary alicyclic amines) is 2. The minimum Gasteiger partial charge on any atom is -0.465 e. The average molecular weight is 575 g/mol. The summed E-state index contributed by atoms with van der Waals surface area (Å²) in [6, 6.07) is 6.18. The van der Waals surface area contributed by atoms with E-state index in [4.69, 9.17) is 14.9 Å². The van der Waals surface area contributed by atoms with Crippen molar-refractivity contribution in [1.29, 1.82) is 5.41 Å². The third-order valence-corrected chi connectivity index (χ3v) is 7.30. The third kappa shape index (κ3) is 9.00. The lowest BCUT2D eigenvalue weighted by molar-refractivity contribution is -0.211. The van der Waals surface area contributed by atoms with Gasteiger partial charge in [-0.05, 0) is 25.7 Å². The second-order valence-corrected chi connectivity index (χ2v) is 10.4. The van der Waals surface area contributed by atoms with Crippen molar-refractivity contribution < 1.29 is 43.3 Å². The zero-order chi connectivity index (χ0) is 30.1. The summed E-state index contributed by atoms with van der Waals surface area (Å²) in [5.41, 5.74) is 0.798. The fourth-order valence-corrected chi connectivity index (χ4v) is 5.05. The van der Waals surface area contributed by atoms with E-state index in [-0.39, 0.29) is 42.5 Å². The van der Waals surface area contributed by atoms with Gasteiger partial charge in [-0.15, -0.1) is 0 Å². The van der Waals surface area contributed by atoms with Crippen LogP contribution in [0.2, 0.25) is 0 Å². The Hall–Kier alpha value is -4.00. The molecular formula is C28H38N4O9. The molecule has 0 aromatic heterocycles. The predicted octanol–water partition coefficient (Wildman–Crippen LogP) is 2.86. The van der Waals surface area contributed by atoms with E-state index in [1.807, 2.05) is 0 Å². The molecule has 3 atom stereocenters. The molecular weight excluding hydrogens is 536 g/mol. The Balaban J connectivity index is 1.49. The molecule has 0 radical (unpaired) electrons. The van der Waals surface area contributed by atoms with Crippen LogP contribution in [0.5, 0.6) is 0 Å². The number of amidine groups is 1. The largest absolute Gasteiger partial charge is 0.465 e. The summed E-state index contributed by atoms with van der Waals surface area (Å²) in [5, 5.41) is 19.5. The quantitative estimate of drug-likeness (QED) is 0.132. The molecule has 1 aromatic carbocycles. The molecule has 1 aromatic rings. The summed E-state index contributed by atoms with van der Waals surface area (Å²) in [7, 11) is 1.19. The molecule has 13 heteroatoms. The zero-order valence-corrected chi connectivity index (χ0v) is 23.6. The fraction of sp³-hybridized carbons (Fsp3) is 0.571. The van der Waals surface area contributed by atoms with Crippen LogP contribution < -0.4 is 5.32 Å². The first kappa shape index (κ1) is 31.5. The smallest absolute Gasteiger partial charge is 0.412 e. The SMILES string of the molecule is COC(=O)NC(=N)c1ccc(C(=O)C[C@@H](C)C(=O)N2CCC(OC(OC(C)=O)C3CCCN(C(=O)O)C3)CC2)cc1. The highest BCUT2D eigenvalue weighted by molar-refractivity contribution is 6.05. The van der Waals surface area contributed by atoms with Gasteiger partial charge in [-0.25, -0.2) is 9.59 Å². The van der Waals surface area contributed by atoms with Gasteiger partial charge in [0.1, 0.15) is 5.84 Å². The summed E-state index contributed by atoms with van der Waals surface area (Å²) >= 11 is 0. The number of carbonyl (C=O) groups is 5. The van der Waals surface area contributed by atoms with Gasteiger partial charge in [0.2, 0.25) is 12.2 Å². The molecule has 3 amide bonds. The number of nitrogens with zero attached hydrogens (tertiary/aromatic N) is 2. The Kier molecular flexibility index (Phi) is 11.2. The molecule has 2 heterocycles. The molecule has 2 saturated heterocycles. The van der Waals surface area contributed by atoms with Crippen molar-refractivity contribution >= 4 is 35.7 Å². The Morgan fingerprint density at radius 2 is 1.66 bits per heavy atom. The standard InChI is InChI=1S/C28H38N4O9/c1-17(15-23(34)19-6-8-20(9-7-19)24(29)30-27(36)39-3)25(35)31-13-10-22(11-14-31)41-26(40-18(2)33)21-5-4-12-32(16-21)28(37)38/h6-9,17,21-22,26H,4-5,10-16H2,1-3H3,(H,37,38)(H2,29,30,36)/t17-,21?,26?/m1/s1. The van der Waals surface area contributed by atoms with E-state index in [9.17, 15) is 29.1 Å². The molecule has 0 saturated carbocycles. The molecule has 3 rings (SSSR count). The second kappa shape index (κ2) is 14.6. The summed E-state index contributed by atoms with van der Waals surface area (Å²) in [4.78, 5) is 63.3. The van der Waals surface area contributed by atoms with Crippen molar-refractivity contribution in [3.8, 4) is 0 Å². The third-order valence-electron chi connectivity index (χ3n) is 7.30. The molecule has 0 spiro atoms. The molecule has 3 N–H and O–H groups in total. The van der Waals surface area contributed by atoms with E-state index < -0.39 is 30.4 Å². The molecule has 224 valence electrons. The number of ether oxygens (including phenoxy) is 3. The van der Waals surface area contributed by atoms with Gasteiger partial charge in [-0.1, -0.05) is 31.2 Å². The van der Waals surface area contributed by atoms with Crippen molar-refractivity contribution in [1.82, 2.24) is 15.1 Å². The summed E-state index contributed by atoms with van der Waals surface area (Å²) < 4.78 is 16.0. The van der Waals surface area contributed by atoms with Gasteiger partial charge in [-0.3, -0.25) is 25.1 Å². The number of esters is 1. The number of carboxylic acid groups (broad SMARTS) is 1. The lowest BCUT2D eigenvalue weighted by atomic mass is 9.96. The minimum atomic E-state index is -1.01. The lowest BCUT2D eigenvalue weighted by Gasteiger charge is -2.38. The first-order valence-electron chi connectivity index (χ1n) is 13.6. The number of piperidine rings is 2. The number of carbonyl (C=O) groups excluding carboxylic acids is 4. The molecule has 41 heavy (non-hydrogen) atoms. The molecule has 0 aliphatic carbocycles. The summed E-state index contributed by atoms with van der Waals surface area (Å²) in [5.74, 6) is -1.82. The van der Waals surface area contributed by atoms with Gasteiger partial charge in [0.15, 0.2) is 5.78 Å². The number of Topliss-reactive ketones (excluding diaryl/α,β-unsaturated/α-hetero) is 1. The van der Waals surface area contributed by atoms with Crippen LogP contribution in [-0.2, 0) is 23.8 Å². The van der Waals surface area contributed by atoms with E-state index in [0.29, 0.717) is 56.4 Å². The monoisotopic (exact) mass is 574 g/mol. The second-order valence-electron chi connectivity index (χ2n) is 10.4. The van der Waals surface area contributed by atoms with Crippen LogP contribution in [0.4, 0.5) is 9.59 Å². The number of nitrogens with one attached hydrogen (secondary N) is 2. The number of benzene rings is 1. The van der Waals surface area contributed by atoms with Gasteiger partial charge in [0.25, 0.3) is 0 Å². The summed E-state index contributed by atoms with van der Waals surface area (Å²) in [6.07, 6.45) is -0.499. The van der Waals surface area contributed by atoms with E-state index in [1.54, 1.807) is 36.1 Å². The average Bonchev–Trinajstić information content (AvgIpc) is 2.96. The Labute approximate surface area is 238 Å². The Morgan fingerprint density at radius 1 is 1.02 bits per heavy atom. The maximum absolute atomic E-state index is 13.1. The number of alkyl carbamates (subject to hydrolysis) is 1. The van der Waals surface area contributed by atoms with Crippen LogP contribution in [0.15, 0.2) is 24.3 Å². The Bertz CT molecular complexity index is 1130. The fourth-order valence-electron chi connectivity index (χ4n) is 5.05. The highest BCUT2D eigenvalue weighted by Crippen LogP contribution is 2.27. The van der Waals surface area contributed by atoms with Crippen LogP contribution in [0.25, 0.3) is 0 Å². The van der Waals surface area contributed by atoms with E-state index in [1.165, 1.54) is 18.9 Å². The normalized spacial score (nSPS) is 19.0. The van der Waals surface area contributed by atoms with Gasteiger partial charge in [0.05, 0.1) is 13.2 Å². The lowest BCUT2D eigenvalue weighted by Crippen LogP contribution is -2.48. The van der Waals surface area contributed by atoms with Crippen molar-refractivity contribution in [2.45, 2.75) is 58.3 Å². The number of hydrogen-bond acceptors (Lipinski definition) is 9. The topological polar surface area (TPSA) is 176 Å². The first-order valence-corrected chi connectivity index (χ1v) is 13.6. The van der Waals surface area contributed by atoms with Crippen LogP contribution in [0.1, 0.15) is 61.9 Å². The number of methoxy groups -OCH3 is 1. The van der Waals surface area contributed by atoms with Gasteiger partial charge in [0, 0.05) is 62.5 Å². The number of rotatable bonds is 9. The number of ketones is 1. The van der Waals surface area contributed by atoms with Crippen LogP contribution >= 0.6 is 0 Å². The van der Waals surface area contributed by atoms with Gasteiger partial charge in [-0.2, -0.15) is 0 Å². The van der Waals surface area contributed by atoms with Crippen molar-refractivity contribution in [3.05, 3.63) is 35.4 Å². The van der Waals surface area contributed by atoms with E-state index in [0.717, 1.165) is 0 Å². The number of amides is 3. The summed E-state index contributed by atoms with van der Waals surface area (Å²) in [6.45, 7) is 4.51. The van der Waals surface area contributed by atoms with Crippen molar-refractivity contribution in [3.63, 3.8) is 0 Å². The number of hydrogen-bond donors (Lipinski definition) is 3. The van der Waals surface area contributed by atoms with Gasteiger partial charge < -0.3 is 29.1 Å². The first-order chi connectivity index (χ1) is 19.5. The molecule has 2 aliphatic rings. The predicted molar refractivity (Wildman–Crippen MR) is 145 cm³/mol. The van der Waals surface area contributed by atoms with E-state index in [2.05, 4.69) is 10.1 Å². The molecule has 2 unspecified atom stereocenters. The van der Waals surface area contributed by atoms with Crippen molar-refractivity contribution in [2.75, 3.05) is 33.3 Å². The molecule has 2 aliphatic heterocycles. The van der Waals surface area contributed by atoms with Crippen LogP contribution in [-0.4, -0.2) is 96.3 Å². The maximum Gasteiger partial charge on any atom is 0.412 e. The molecule has 13 nitrogen and oxygen atoms in total.